The third kappa shape index (κ3) is 4.68. The molecule has 154 valence electrons. The Labute approximate surface area is 179 Å². The largest absolute Gasteiger partial charge is 0.497 e. The van der Waals surface area contributed by atoms with E-state index in [4.69, 9.17) is 13.9 Å². The van der Waals surface area contributed by atoms with E-state index in [1.807, 2.05) is 55.5 Å². The van der Waals surface area contributed by atoms with Crippen molar-refractivity contribution in [2.24, 2.45) is 0 Å². The highest BCUT2D eigenvalue weighted by Gasteiger charge is 2.17. The Kier molecular flexibility index (Phi) is 6.39. The van der Waals surface area contributed by atoms with Crippen LogP contribution in [0.4, 0.5) is 0 Å². The van der Waals surface area contributed by atoms with Crippen LogP contribution in [-0.2, 0) is 6.54 Å². The maximum Gasteiger partial charge on any atom is 0.191 e. The molecule has 0 N–H and O–H groups in total. The maximum atomic E-state index is 5.83. The summed E-state index contributed by atoms with van der Waals surface area (Å²) >= 11 is 1.63. The molecule has 2 aromatic heterocycles. The van der Waals surface area contributed by atoms with E-state index in [0.29, 0.717) is 13.2 Å². The molecule has 2 aromatic carbocycles. The number of aromatic nitrogens is 3. The number of nitrogens with zero attached hydrogens (tertiary/aromatic N) is 3. The zero-order valence-electron chi connectivity index (χ0n) is 16.9. The summed E-state index contributed by atoms with van der Waals surface area (Å²) < 4.78 is 18.6. The summed E-state index contributed by atoms with van der Waals surface area (Å²) in [5, 5.41) is 9.74. The summed E-state index contributed by atoms with van der Waals surface area (Å²) in [4.78, 5) is 0. The van der Waals surface area contributed by atoms with Crippen LogP contribution in [0.3, 0.4) is 0 Å². The molecule has 2 heterocycles. The van der Waals surface area contributed by atoms with Gasteiger partial charge >= 0.3 is 0 Å². The van der Waals surface area contributed by atoms with Gasteiger partial charge in [-0.3, -0.25) is 4.57 Å². The predicted molar refractivity (Wildman–Crippen MR) is 117 cm³/mol. The smallest absolute Gasteiger partial charge is 0.191 e. The average Bonchev–Trinajstić information content (AvgIpc) is 3.38. The maximum absolute atomic E-state index is 5.83. The van der Waals surface area contributed by atoms with E-state index in [0.717, 1.165) is 39.6 Å². The molecule has 0 unspecified atom stereocenters. The highest BCUT2D eigenvalue weighted by atomic mass is 32.2. The minimum Gasteiger partial charge on any atom is -0.497 e. The number of furan rings is 1. The molecule has 0 aliphatic rings. The van der Waals surface area contributed by atoms with Gasteiger partial charge in [0.25, 0.3) is 0 Å². The van der Waals surface area contributed by atoms with Gasteiger partial charge in [-0.25, -0.2) is 0 Å². The number of ether oxygens (including phenoxy) is 2. The number of hydrogen-bond acceptors (Lipinski definition) is 6. The van der Waals surface area contributed by atoms with Gasteiger partial charge in [0, 0.05) is 5.75 Å². The molecule has 0 aliphatic heterocycles. The highest BCUT2D eigenvalue weighted by molar-refractivity contribution is 7.99. The number of thioether (sulfide) groups is 1. The molecule has 7 heteroatoms. The molecule has 0 bridgehead atoms. The fraction of sp³-hybridized carbons (Fsp3) is 0.217. The molecular formula is C23H23N3O3S. The number of methoxy groups -OCH3 is 1. The van der Waals surface area contributed by atoms with Crippen molar-refractivity contribution in [3.05, 3.63) is 78.3 Å². The van der Waals surface area contributed by atoms with E-state index >= 15 is 0 Å². The molecule has 30 heavy (non-hydrogen) atoms. The van der Waals surface area contributed by atoms with Crippen molar-refractivity contribution in [2.75, 3.05) is 19.5 Å². The van der Waals surface area contributed by atoms with Crippen LogP contribution in [0.25, 0.3) is 11.4 Å². The second kappa shape index (κ2) is 9.54. The van der Waals surface area contributed by atoms with E-state index in [9.17, 15) is 0 Å². The quantitative estimate of drug-likeness (QED) is 0.278. The third-order valence-corrected chi connectivity index (χ3v) is 5.57. The van der Waals surface area contributed by atoms with Gasteiger partial charge in [0.15, 0.2) is 11.0 Å². The van der Waals surface area contributed by atoms with Crippen LogP contribution in [0.1, 0.15) is 11.3 Å². The van der Waals surface area contributed by atoms with Gasteiger partial charge in [-0.15, -0.1) is 10.2 Å². The summed E-state index contributed by atoms with van der Waals surface area (Å²) in [5.41, 5.74) is 2.15. The number of aryl methyl sites for hydroxylation is 1. The zero-order valence-corrected chi connectivity index (χ0v) is 17.8. The Balaban J connectivity index is 1.46. The Hall–Kier alpha value is -3.19. The first-order valence-corrected chi connectivity index (χ1v) is 10.6. The summed E-state index contributed by atoms with van der Waals surface area (Å²) in [5.74, 6) is 4.02. The molecule has 0 fully saturated rings. The summed E-state index contributed by atoms with van der Waals surface area (Å²) in [6, 6.07) is 19.8. The van der Waals surface area contributed by atoms with Gasteiger partial charge < -0.3 is 13.9 Å². The normalized spacial score (nSPS) is 10.9. The van der Waals surface area contributed by atoms with Gasteiger partial charge in [0.05, 0.1) is 32.1 Å². The van der Waals surface area contributed by atoms with Crippen molar-refractivity contribution in [3.8, 4) is 22.9 Å². The SMILES string of the molecule is COc1ccc(OCCSc2nnc(-c3ccoc3C)n2Cc2ccccc2)cc1. The Bertz CT molecular complexity index is 1070. The second-order valence-electron chi connectivity index (χ2n) is 6.64. The molecule has 0 radical (unpaired) electrons. The molecule has 0 spiro atoms. The molecule has 4 aromatic rings. The number of hydrogen-bond donors (Lipinski definition) is 0. The fourth-order valence-electron chi connectivity index (χ4n) is 3.08. The van der Waals surface area contributed by atoms with Gasteiger partial charge in [-0.1, -0.05) is 42.1 Å². The lowest BCUT2D eigenvalue weighted by atomic mass is 10.2. The zero-order chi connectivity index (χ0) is 20.8. The molecule has 0 amide bonds. The lowest BCUT2D eigenvalue weighted by Gasteiger charge is -2.11. The second-order valence-corrected chi connectivity index (χ2v) is 7.70. The van der Waals surface area contributed by atoms with E-state index in [2.05, 4.69) is 26.9 Å². The van der Waals surface area contributed by atoms with Crippen LogP contribution in [0, 0.1) is 6.92 Å². The van der Waals surface area contributed by atoms with E-state index in [1.54, 1.807) is 25.1 Å². The Morgan fingerprint density at radius 2 is 1.73 bits per heavy atom. The third-order valence-electron chi connectivity index (χ3n) is 4.64. The van der Waals surface area contributed by atoms with Gasteiger partial charge in [-0.05, 0) is 42.8 Å². The first-order chi connectivity index (χ1) is 14.7. The van der Waals surface area contributed by atoms with Gasteiger partial charge in [0.2, 0.25) is 0 Å². The van der Waals surface area contributed by atoms with E-state index in [1.165, 1.54) is 5.56 Å². The molecule has 6 nitrogen and oxygen atoms in total. The van der Waals surface area contributed by atoms with Crippen LogP contribution >= 0.6 is 11.8 Å². The Morgan fingerprint density at radius 1 is 0.967 bits per heavy atom. The van der Waals surface area contributed by atoms with Crippen molar-refractivity contribution in [3.63, 3.8) is 0 Å². The topological polar surface area (TPSA) is 62.3 Å². The van der Waals surface area contributed by atoms with Crippen LogP contribution in [0.5, 0.6) is 11.5 Å². The summed E-state index contributed by atoms with van der Waals surface area (Å²) in [6.07, 6.45) is 1.68. The van der Waals surface area contributed by atoms with Gasteiger partial charge in [0.1, 0.15) is 17.3 Å². The van der Waals surface area contributed by atoms with Crippen LogP contribution in [0.15, 0.2) is 76.5 Å². The number of benzene rings is 2. The summed E-state index contributed by atoms with van der Waals surface area (Å²) in [6.45, 7) is 3.19. The van der Waals surface area contributed by atoms with Crippen LogP contribution in [0.2, 0.25) is 0 Å². The predicted octanol–water partition coefficient (Wildman–Crippen LogP) is 5.07. The summed E-state index contributed by atoms with van der Waals surface area (Å²) in [7, 11) is 1.65. The minimum absolute atomic E-state index is 0.565. The average molecular weight is 422 g/mol. The fourth-order valence-corrected chi connectivity index (χ4v) is 3.84. The first kappa shape index (κ1) is 20.1. The number of rotatable bonds is 9. The molecule has 0 saturated carbocycles. The van der Waals surface area contributed by atoms with Crippen molar-refractivity contribution in [1.29, 1.82) is 0 Å². The van der Waals surface area contributed by atoms with Gasteiger partial charge in [-0.2, -0.15) is 0 Å². The van der Waals surface area contributed by atoms with Crippen molar-refractivity contribution < 1.29 is 13.9 Å². The van der Waals surface area contributed by atoms with E-state index < -0.39 is 0 Å². The van der Waals surface area contributed by atoms with Crippen molar-refractivity contribution >= 4 is 11.8 Å². The first-order valence-electron chi connectivity index (χ1n) is 9.66. The molecule has 4 rings (SSSR count). The van der Waals surface area contributed by atoms with Crippen molar-refractivity contribution in [1.82, 2.24) is 14.8 Å². The lowest BCUT2D eigenvalue weighted by molar-refractivity contribution is 0.342. The molecule has 0 saturated heterocycles. The molecular weight excluding hydrogens is 398 g/mol. The van der Waals surface area contributed by atoms with E-state index in [-0.39, 0.29) is 0 Å². The minimum atomic E-state index is 0.565. The van der Waals surface area contributed by atoms with Crippen LogP contribution < -0.4 is 9.47 Å². The van der Waals surface area contributed by atoms with Crippen LogP contribution in [-0.4, -0.2) is 34.2 Å². The van der Waals surface area contributed by atoms with Crippen molar-refractivity contribution in [2.45, 2.75) is 18.6 Å². The monoisotopic (exact) mass is 421 g/mol. The molecule has 0 atom stereocenters. The highest BCUT2D eigenvalue weighted by Crippen LogP contribution is 2.28. The lowest BCUT2D eigenvalue weighted by Crippen LogP contribution is -2.06. The molecule has 0 aliphatic carbocycles. The standard InChI is InChI=1S/C23H23N3O3S/c1-17-21(12-13-28-17)22-24-25-23(26(22)16-18-6-4-3-5-7-18)30-15-14-29-20-10-8-19(27-2)9-11-20/h3-13H,14-16H2,1-2H3. The Morgan fingerprint density at radius 3 is 2.43 bits per heavy atom.